The molecule has 0 spiro atoms. The molecule has 0 radical (unpaired) electrons. The second-order valence-corrected chi connectivity index (χ2v) is 7.20. The molecule has 0 aliphatic heterocycles. The minimum Gasteiger partial charge on any atom is -0.393 e. The Hall–Kier alpha value is -1.38. The predicted molar refractivity (Wildman–Crippen MR) is 96.9 cm³/mol. The van der Waals surface area contributed by atoms with Crippen LogP contribution in [0, 0.1) is 17.8 Å². The van der Waals surface area contributed by atoms with Gasteiger partial charge < -0.3 is 10.2 Å². The fourth-order valence-electron chi connectivity index (χ4n) is 3.88. The van der Waals surface area contributed by atoms with Crippen LogP contribution in [-0.4, -0.2) is 22.4 Å². The number of benzene rings is 1. The highest BCUT2D eigenvalue weighted by molar-refractivity contribution is 5.80. The first-order valence-corrected chi connectivity index (χ1v) is 8.71. The van der Waals surface area contributed by atoms with Crippen LogP contribution in [0.1, 0.15) is 46.6 Å². The minimum atomic E-state index is -1.22. The maximum Gasteiger partial charge on any atom is 0.120 e. The molecule has 0 saturated carbocycles. The zero-order valence-corrected chi connectivity index (χ0v) is 15.0. The van der Waals surface area contributed by atoms with Crippen LogP contribution in [0.5, 0.6) is 0 Å². The van der Waals surface area contributed by atoms with Gasteiger partial charge in [0.05, 0.1) is 6.61 Å². The maximum absolute atomic E-state index is 11.5. The molecule has 2 unspecified atom stereocenters. The summed E-state index contributed by atoms with van der Waals surface area (Å²) in [4.78, 5) is 0. The average Bonchev–Trinajstić information content (AvgIpc) is 2.54. The lowest BCUT2D eigenvalue weighted by atomic mass is 9.65. The molecule has 1 aromatic rings. The second kappa shape index (κ2) is 7.02. The zero-order chi connectivity index (χ0) is 17.2. The van der Waals surface area contributed by atoms with Gasteiger partial charge in [-0.2, -0.15) is 0 Å². The topological polar surface area (TPSA) is 40.5 Å². The van der Waals surface area contributed by atoms with Crippen LogP contribution in [0.3, 0.4) is 0 Å². The molecule has 2 atom stereocenters. The molecule has 0 saturated heterocycles. The third-order valence-electron chi connectivity index (χ3n) is 4.99. The van der Waals surface area contributed by atoms with E-state index in [1.807, 2.05) is 30.3 Å². The summed E-state index contributed by atoms with van der Waals surface area (Å²) in [7, 11) is 0. The van der Waals surface area contributed by atoms with Crippen molar-refractivity contribution in [3.8, 4) is 0 Å². The first-order valence-electron chi connectivity index (χ1n) is 8.71. The molecule has 2 nitrogen and oxygen atoms in total. The summed E-state index contributed by atoms with van der Waals surface area (Å²) < 4.78 is 0. The molecule has 1 aromatic carbocycles. The molecule has 0 bridgehead atoms. The van der Waals surface area contributed by atoms with E-state index < -0.39 is 5.60 Å². The summed E-state index contributed by atoms with van der Waals surface area (Å²) in [5, 5.41) is 21.6. The molecule has 126 valence electrons. The number of hydrogen-bond acceptors (Lipinski definition) is 2. The van der Waals surface area contributed by atoms with Crippen molar-refractivity contribution in [2.75, 3.05) is 6.61 Å². The Balaban J connectivity index is 2.77. The van der Waals surface area contributed by atoms with Crippen LogP contribution >= 0.6 is 0 Å². The van der Waals surface area contributed by atoms with Crippen molar-refractivity contribution in [3.63, 3.8) is 0 Å². The fraction of sp³-hybridized carbons (Fsp3) is 0.524. The number of hydrogen-bond donors (Lipinski definition) is 2. The lowest BCUT2D eigenvalue weighted by Gasteiger charge is -2.44. The second-order valence-electron chi connectivity index (χ2n) is 7.20. The summed E-state index contributed by atoms with van der Waals surface area (Å²) in [6.45, 7) is 10.5. The lowest BCUT2D eigenvalue weighted by Crippen LogP contribution is -2.47. The Morgan fingerprint density at radius 2 is 1.70 bits per heavy atom. The molecular weight excluding hydrogens is 284 g/mol. The van der Waals surface area contributed by atoms with E-state index in [0.717, 1.165) is 17.6 Å². The van der Waals surface area contributed by atoms with E-state index in [4.69, 9.17) is 0 Å². The largest absolute Gasteiger partial charge is 0.393 e. The molecular formula is C21H30O2. The Bertz CT molecular complexity index is 596. The maximum atomic E-state index is 11.5. The molecule has 1 aliphatic rings. The quantitative estimate of drug-likeness (QED) is 0.843. The van der Waals surface area contributed by atoms with Gasteiger partial charge in [-0.15, -0.1) is 0 Å². The number of rotatable bonds is 5. The van der Waals surface area contributed by atoms with Gasteiger partial charge in [0, 0.05) is 5.92 Å². The summed E-state index contributed by atoms with van der Waals surface area (Å²) in [5.41, 5.74) is 3.19. The average molecular weight is 314 g/mol. The van der Waals surface area contributed by atoms with Gasteiger partial charge in [-0.25, -0.2) is 0 Å². The van der Waals surface area contributed by atoms with Gasteiger partial charge in [0.1, 0.15) is 5.60 Å². The van der Waals surface area contributed by atoms with Crippen LogP contribution in [0.25, 0.3) is 5.57 Å². The molecule has 2 N–H and O–H groups in total. The highest BCUT2D eigenvalue weighted by atomic mass is 16.3. The van der Waals surface area contributed by atoms with Crippen LogP contribution in [0.2, 0.25) is 0 Å². The van der Waals surface area contributed by atoms with Crippen molar-refractivity contribution in [1.29, 1.82) is 0 Å². The first kappa shape index (κ1) is 18.0. The third-order valence-corrected chi connectivity index (χ3v) is 4.99. The number of allylic oxidation sites excluding steroid dienone is 2. The van der Waals surface area contributed by atoms with Crippen molar-refractivity contribution in [1.82, 2.24) is 0 Å². The number of aliphatic hydroxyl groups excluding tert-OH is 1. The van der Waals surface area contributed by atoms with E-state index in [-0.39, 0.29) is 18.4 Å². The monoisotopic (exact) mass is 314 g/mol. The van der Waals surface area contributed by atoms with Gasteiger partial charge in [0.25, 0.3) is 0 Å². The van der Waals surface area contributed by atoms with Crippen LogP contribution in [0.15, 0.2) is 47.6 Å². The van der Waals surface area contributed by atoms with Crippen molar-refractivity contribution in [3.05, 3.63) is 53.1 Å². The lowest BCUT2D eigenvalue weighted by molar-refractivity contribution is -0.0135. The van der Waals surface area contributed by atoms with E-state index >= 15 is 0 Å². The summed E-state index contributed by atoms with van der Waals surface area (Å²) >= 11 is 0. The van der Waals surface area contributed by atoms with E-state index in [9.17, 15) is 10.2 Å². The Kier molecular flexibility index (Phi) is 5.49. The Morgan fingerprint density at radius 3 is 2.13 bits per heavy atom. The van der Waals surface area contributed by atoms with Gasteiger partial charge in [-0.3, -0.25) is 0 Å². The first-order chi connectivity index (χ1) is 10.9. The van der Waals surface area contributed by atoms with Gasteiger partial charge in [-0.1, -0.05) is 71.0 Å². The standard InChI is InChI=1S/C21H30O2/c1-6-17-18(14(2)3)12-19(15(4)5)21(23,13-22)20(17)16-10-8-7-9-11-16/h7-12,14-15,19,22-23H,6,13H2,1-5H3. The van der Waals surface area contributed by atoms with Crippen molar-refractivity contribution >= 4 is 5.57 Å². The fourth-order valence-corrected chi connectivity index (χ4v) is 3.88. The van der Waals surface area contributed by atoms with Gasteiger partial charge >= 0.3 is 0 Å². The van der Waals surface area contributed by atoms with Crippen LogP contribution in [-0.2, 0) is 0 Å². The molecule has 0 amide bonds. The molecule has 0 aromatic heterocycles. The SMILES string of the molecule is CCC1=C(c2ccccc2)C(O)(CO)C(C(C)C)C=C1C(C)C. The molecule has 2 heteroatoms. The van der Waals surface area contributed by atoms with Crippen LogP contribution < -0.4 is 0 Å². The highest BCUT2D eigenvalue weighted by Crippen LogP contribution is 2.47. The zero-order valence-electron chi connectivity index (χ0n) is 15.0. The van der Waals surface area contributed by atoms with E-state index in [1.165, 1.54) is 11.1 Å². The molecule has 0 heterocycles. The Labute approximate surface area is 140 Å². The Morgan fingerprint density at radius 1 is 1.09 bits per heavy atom. The summed E-state index contributed by atoms with van der Waals surface area (Å²) in [6, 6.07) is 10.0. The highest BCUT2D eigenvalue weighted by Gasteiger charge is 2.45. The minimum absolute atomic E-state index is 0.0876. The molecule has 1 aliphatic carbocycles. The van der Waals surface area contributed by atoms with Crippen molar-refractivity contribution in [2.24, 2.45) is 17.8 Å². The third kappa shape index (κ3) is 3.15. The van der Waals surface area contributed by atoms with Gasteiger partial charge in [-0.05, 0) is 40.5 Å². The molecule has 23 heavy (non-hydrogen) atoms. The van der Waals surface area contributed by atoms with E-state index in [2.05, 4.69) is 40.7 Å². The van der Waals surface area contributed by atoms with Crippen molar-refractivity contribution in [2.45, 2.75) is 46.6 Å². The smallest absolute Gasteiger partial charge is 0.120 e. The van der Waals surface area contributed by atoms with Gasteiger partial charge in [0.15, 0.2) is 0 Å². The normalized spacial score (nSPS) is 25.3. The summed E-state index contributed by atoms with van der Waals surface area (Å²) in [6.07, 6.45) is 3.05. The van der Waals surface area contributed by atoms with E-state index in [0.29, 0.717) is 5.92 Å². The molecule has 0 fully saturated rings. The van der Waals surface area contributed by atoms with E-state index in [1.54, 1.807) is 0 Å². The summed E-state index contributed by atoms with van der Waals surface area (Å²) in [5.74, 6) is 0.557. The predicted octanol–water partition coefficient (Wildman–Crippen LogP) is 4.44. The van der Waals surface area contributed by atoms with Crippen molar-refractivity contribution < 1.29 is 10.2 Å². The number of aliphatic hydroxyl groups is 2. The molecule has 2 rings (SSSR count). The van der Waals surface area contributed by atoms with Crippen LogP contribution in [0.4, 0.5) is 0 Å². The van der Waals surface area contributed by atoms with Gasteiger partial charge in [0.2, 0.25) is 0 Å².